The van der Waals surface area contributed by atoms with Gasteiger partial charge in [-0.25, -0.2) is 0 Å². The topological polar surface area (TPSA) is 33.1 Å². The summed E-state index contributed by atoms with van der Waals surface area (Å²) in [5.41, 5.74) is 1.21. The van der Waals surface area contributed by atoms with Gasteiger partial charge in [-0.2, -0.15) is 5.10 Å². The largest absolute Gasteiger partial charge is 0.310 e. The summed E-state index contributed by atoms with van der Waals surface area (Å²) in [5, 5.41) is 8.38. The third kappa shape index (κ3) is 3.50. The molecule has 1 aromatic heterocycles. The predicted octanol–water partition coefficient (Wildman–Crippen LogP) is 2.21. The van der Waals surface area contributed by atoms with Gasteiger partial charge in [0.25, 0.3) is 0 Å². The number of nitrogens with one attached hydrogen (secondary N) is 1. The second-order valence-electron chi connectivity index (χ2n) is 6.04. The van der Waals surface area contributed by atoms with Crippen LogP contribution in [0.15, 0.2) is 12.3 Å². The molecule has 2 fully saturated rings. The normalized spacial score (nSPS) is 27.3. The van der Waals surface area contributed by atoms with Crippen LogP contribution in [0, 0.1) is 0 Å². The van der Waals surface area contributed by atoms with Crippen molar-refractivity contribution in [2.75, 3.05) is 13.1 Å². The van der Waals surface area contributed by atoms with E-state index in [0.29, 0.717) is 12.1 Å². The lowest BCUT2D eigenvalue weighted by Gasteiger charge is -2.22. The number of halogens is 1. The lowest BCUT2D eigenvalue weighted by molar-refractivity contribution is 0.247. The number of likely N-dealkylation sites (tertiary alicyclic amines) is 1. The van der Waals surface area contributed by atoms with Gasteiger partial charge in [-0.1, -0.05) is 0 Å². The Bertz CT molecular complexity index is 404. The highest BCUT2D eigenvalue weighted by Gasteiger charge is 2.29. The number of rotatable bonds is 3. The van der Waals surface area contributed by atoms with Crippen molar-refractivity contribution in [2.45, 2.75) is 57.8 Å². The van der Waals surface area contributed by atoms with Crippen molar-refractivity contribution in [1.82, 2.24) is 20.0 Å². The minimum absolute atomic E-state index is 0. The summed E-state index contributed by atoms with van der Waals surface area (Å²) in [7, 11) is 0. The van der Waals surface area contributed by atoms with E-state index in [-0.39, 0.29) is 12.4 Å². The fourth-order valence-corrected chi connectivity index (χ4v) is 3.14. The van der Waals surface area contributed by atoms with E-state index in [1.165, 1.54) is 38.0 Å². The Hall–Kier alpha value is -0.580. The van der Waals surface area contributed by atoms with Crippen LogP contribution in [0.1, 0.15) is 44.8 Å². The van der Waals surface area contributed by atoms with Crippen LogP contribution in [0.4, 0.5) is 0 Å². The third-order valence-electron chi connectivity index (χ3n) is 4.19. The summed E-state index contributed by atoms with van der Waals surface area (Å²) in [5.74, 6) is 0. The van der Waals surface area contributed by atoms with Crippen molar-refractivity contribution in [3.05, 3.63) is 18.0 Å². The lowest BCUT2D eigenvalue weighted by Crippen LogP contribution is -2.35. The highest BCUT2D eigenvalue weighted by Crippen LogP contribution is 2.21. The standard InChI is InChI=1S/C14H24N4.ClH/c1-11(2)18-8-6-14(16-18)10-17-7-5-12-3-4-13(9-17)15-12;/h6,8,11-13,15H,3-5,7,9-10H2,1-2H3;1H. The molecule has 2 unspecified atom stereocenters. The zero-order valence-corrected chi connectivity index (χ0v) is 12.7. The molecule has 0 aromatic carbocycles. The van der Waals surface area contributed by atoms with Crippen LogP contribution < -0.4 is 5.32 Å². The molecule has 1 aromatic rings. The Labute approximate surface area is 122 Å². The van der Waals surface area contributed by atoms with Crippen molar-refractivity contribution in [1.29, 1.82) is 0 Å². The molecule has 0 amide bonds. The number of hydrogen-bond donors (Lipinski definition) is 1. The van der Waals surface area contributed by atoms with E-state index in [0.717, 1.165) is 12.6 Å². The number of aromatic nitrogens is 2. The molecule has 3 heterocycles. The molecule has 3 rings (SSSR count). The van der Waals surface area contributed by atoms with Crippen LogP contribution in [0.25, 0.3) is 0 Å². The molecule has 2 saturated heterocycles. The SMILES string of the molecule is CC(C)n1ccc(CN2CCC3CCC(C2)N3)n1.Cl. The number of hydrogen-bond acceptors (Lipinski definition) is 3. The first-order valence-corrected chi connectivity index (χ1v) is 7.23. The Morgan fingerprint density at radius 3 is 2.84 bits per heavy atom. The maximum atomic E-state index is 4.65. The van der Waals surface area contributed by atoms with Crippen LogP contribution in [0.5, 0.6) is 0 Å². The Morgan fingerprint density at radius 1 is 1.32 bits per heavy atom. The van der Waals surface area contributed by atoms with Gasteiger partial charge >= 0.3 is 0 Å². The summed E-state index contributed by atoms with van der Waals surface area (Å²) in [4.78, 5) is 2.56. The predicted molar refractivity (Wildman–Crippen MR) is 79.7 cm³/mol. The second-order valence-corrected chi connectivity index (χ2v) is 6.04. The molecule has 108 valence electrons. The summed E-state index contributed by atoms with van der Waals surface area (Å²) >= 11 is 0. The number of nitrogens with zero attached hydrogens (tertiary/aromatic N) is 3. The molecule has 2 aliphatic rings. The molecule has 2 atom stereocenters. The molecule has 19 heavy (non-hydrogen) atoms. The molecule has 5 heteroatoms. The van der Waals surface area contributed by atoms with Gasteiger partial charge in [0, 0.05) is 44.0 Å². The van der Waals surface area contributed by atoms with E-state index >= 15 is 0 Å². The van der Waals surface area contributed by atoms with Crippen molar-refractivity contribution in [3.63, 3.8) is 0 Å². The molecule has 0 saturated carbocycles. The van der Waals surface area contributed by atoms with E-state index in [9.17, 15) is 0 Å². The van der Waals surface area contributed by atoms with Gasteiger partial charge in [0.05, 0.1) is 5.69 Å². The Balaban J connectivity index is 0.00000133. The van der Waals surface area contributed by atoms with Crippen molar-refractivity contribution in [3.8, 4) is 0 Å². The van der Waals surface area contributed by atoms with Crippen molar-refractivity contribution < 1.29 is 0 Å². The van der Waals surface area contributed by atoms with E-state index in [1.807, 2.05) is 0 Å². The number of fused-ring (bicyclic) bond motifs is 2. The monoisotopic (exact) mass is 284 g/mol. The molecule has 2 aliphatic heterocycles. The molecule has 0 aliphatic carbocycles. The van der Waals surface area contributed by atoms with Crippen LogP contribution in [0.3, 0.4) is 0 Å². The maximum absolute atomic E-state index is 4.65. The molecule has 2 bridgehead atoms. The fraction of sp³-hybridized carbons (Fsp3) is 0.786. The van der Waals surface area contributed by atoms with Gasteiger partial charge in [-0.3, -0.25) is 9.58 Å². The van der Waals surface area contributed by atoms with Gasteiger partial charge in [-0.05, 0) is 39.2 Å². The summed E-state index contributed by atoms with van der Waals surface area (Å²) in [6, 6.07) is 4.11. The smallest absolute Gasteiger partial charge is 0.0764 e. The van der Waals surface area contributed by atoms with E-state index in [4.69, 9.17) is 0 Å². The zero-order valence-electron chi connectivity index (χ0n) is 11.9. The van der Waals surface area contributed by atoms with Crippen molar-refractivity contribution >= 4 is 12.4 Å². The lowest BCUT2D eigenvalue weighted by atomic mass is 10.1. The second kappa shape index (κ2) is 6.25. The van der Waals surface area contributed by atoms with Gasteiger partial charge < -0.3 is 5.32 Å². The average molecular weight is 285 g/mol. The molecule has 0 spiro atoms. The van der Waals surface area contributed by atoms with Gasteiger partial charge in [-0.15, -0.1) is 12.4 Å². The van der Waals surface area contributed by atoms with Gasteiger partial charge in [0.1, 0.15) is 0 Å². The highest BCUT2D eigenvalue weighted by atomic mass is 35.5. The molecular formula is C14H25ClN4. The molecule has 1 N–H and O–H groups in total. The Kier molecular flexibility index (Phi) is 4.87. The van der Waals surface area contributed by atoms with Crippen LogP contribution in [-0.4, -0.2) is 39.9 Å². The summed E-state index contributed by atoms with van der Waals surface area (Å²) < 4.78 is 2.05. The molecule has 0 radical (unpaired) electrons. The first kappa shape index (κ1) is 14.8. The average Bonchev–Trinajstić information content (AvgIpc) is 2.89. The minimum atomic E-state index is 0. The minimum Gasteiger partial charge on any atom is -0.310 e. The molecular weight excluding hydrogens is 260 g/mol. The van der Waals surface area contributed by atoms with Crippen LogP contribution >= 0.6 is 12.4 Å². The third-order valence-corrected chi connectivity index (χ3v) is 4.19. The summed E-state index contributed by atoms with van der Waals surface area (Å²) in [6.07, 6.45) is 6.12. The van der Waals surface area contributed by atoms with E-state index in [2.05, 4.69) is 46.1 Å². The first-order valence-electron chi connectivity index (χ1n) is 7.23. The highest BCUT2D eigenvalue weighted by molar-refractivity contribution is 5.85. The molecule has 4 nitrogen and oxygen atoms in total. The van der Waals surface area contributed by atoms with Gasteiger partial charge in [0.2, 0.25) is 0 Å². The van der Waals surface area contributed by atoms with Crippen molar-refractivity contribution in [2.24, 2.45) is 0 Å². The van der Waals surface area contributed by atoms with Gasteiger partial charge in [0.15, 0.2) is 0 Å². The quantitative estimate of drug-likeness (QED) is 0.924. The van der Waals surface area contributed by atoms with E-state index < -0.39 is 0 Å². The van der Waals surface area contributed by atoms with Crippen LogP contribution in [-0.2, 0) is 6.54 Å². The first-order chi connectivity index (χ1) is 8.70. The fourth-order valence-electron chi connectivity index (χ4n) is 3.14. The summed E-state index contributed by atoms with van der Waals surface area (Å²) in [6.45, 7) is 7.75. The zero-order chi connectivity index (χ0) is 12.5. The van der Waals surface area contributed by atoms with E-state index in [1.54, 1.807) is 0 Å². The maximum Gasteiger partial charge on any atom is 0.0764 e. The van der Waals surface area contributed by atoms with Crippen LogP contribution in [0.2, 0.25) is 0 Å². The Morgan fingerprint density at radius 2 is 2.11 bits per heavy atom.